The van der Waals surface area contributed by atoms with Gasteiger partial charge in [0.05, 0.1) is 11.2 Å². The lowest BCUT2D eigenvalue weighted by molar-refractivity contribution is 0.0537. The molecule has 18 heavy (non-hydrogen) atoms. The molecule has 1 saturated heterocycles. The van der Waals surface area contributed by atoms with E-state index in [2.05, 4.69) is 11.9 Å². The minimum absolute atomic E-state index is 0. The third-order valence-corrected chi connectivity index (χ3v) is 4.35. The molecule has 2 unspecified atom stereocenters. The number of thiazole rings is 1. The quantitative estimate of drug-likeness (QED) is 0.907. The van der Waals surface area contributed by atoms with E-state index in [9.17, 15) is 4.79 Å². The Morgan fingerprint density at radius 2 is 2.39 bits per heavy atom. The molecule has 4 nitrogen and oxygen atoms in total. The van der Waals surface area contributed by atoms with Crippen molar-refractivity contribution in [3.63, 3.8) is 0 Å². The van der Waals surface area contributed by atoms with Crippen LogP contribution in [-0.4, -0.2) is 34.9 Å². The number of hydrogen-bond acceptors (Lipinski definition) is 4. The second-order valence-electron chi connectivity index (χ2n) is 4.66. The van der Waals surface area contributed by atoms with Gasteiger partial charge in [-0.15, -0.1) is 23.7 Å². The first kappa shape index (κ1) is 15.4. The molecule has 1 aromatic heterocycles. The van der Waals surface area contributed by atoms with E-state index in [1.807, 2.05) is 11.8 Å². The number of rotatable bonds is 2. The first-order valence-electron chi connectivity index (χ1n) is 6.07. The largest absolute Gasteiger partial charge is 0.333 e. The molecule has 1 aromatic rings. The number of nitrogens with zero attached hydrogens (tertiary/aromatic N) is 2. The number of aromatic nitrogens is 1. The van der Waals surface area contributed by atoms with Gasteiger partial charge in [-0.3, -0.25) is 4.79 Å². The van der Waals surface area contributed by atoms with Crippen molar-refractivity contribution in [2.75, 3.05) is 13.1 Å². The molecule has 0 spiro atoms. The van der Waals surface area contributed by atoms with Crippen molar-refractivity contribution in [3.8, 4) is 0 Å². The SMILES string of the molecule is Cc1ncc(C(=O)N2CCCC(C)C2CN)s1.Cl. The Morgan fingerprint density at radius 1 is 1.67 bits per heavy atom. The van der Waals surface area contributed by atoms with Crippen molar-refractivity contribution in [2.24, 2.45) is 11.7 Å². The van der Waals surface area contributed by atoms with Crippen LogP contribution in [0.4, 0.5) is 0 Å². The second-order valence-corrected chi connectivity index (χ2v) is 5.90. The van der Waals surface area contributed by atoms with Crippen LogP contribution in [0.1, 0.15) is 34.4 Å². The van der Waals surface area contributed by atoms with Gasteiger partial charge in [-0.2, -0.15) is 0 Å². The molecular formula is C12H20ClN3OS. The molecule has 2 heterocycles. The first-order chi connectivity index (χ1) is 8.13. The van der Waals surface area contributed by atoms with E-state index in [1.165, 1.54) is 11.3 Å². The normalized spacial score (nSPS) is 23.6. The van der Waals surface area contributed by atoms with Crippen LogP contribution in [0.3, 0.4) is 0 Å². The standard InChI is InChI=1S/C12H19N3OS.ClH/c1-8-4-3-5-15(10(8)6-13)12(16)11-7-14-9(2)17-11;/h7-8,10H,3-6,13H2,1-2H3;1H. The fourth-order valence-electron chi connectivity index (χ4n) is 2.46. The van der Waals surface area contributed by atoms with E-state index in [0.717, 1.165) is 29.3 Å². The van der Waals surface area contributed by atoms with Crippen molar-refractivity contribution in [1.29, 1.82) is 0 Å². The Hall–Kier alpha value is -0.650. The van der Waals surface area contributed by atoms with Gasteiger partial charge in [0.15, 0.2) is 0 Å². The lowest BCUT2D eigenvalue weighted by Gasteiger charge is -2.39. The van der Waals surface area contributed by atoms with Gasteiger partial charge in [0.25, 0.3) is 5.91 Å². The monoisotopic (exact) mass is 289 g/mol. The number of halogens is 1. The van der Waals surface area contributed by atoms with Crippen molar-refractivity contribution in [1.82, 2.24) is 9.88 Å². The van der Waals surface area contributed by atoms with Gasteiger partial charge in [0, 0.05) is 19.1 Å². The summed E-state index contributed by atoms with van der Waals surface area (Å²) in [6.45, 7) is 5.46. The first-order valence-corrected chi connectivity index (χ1v) is 6.88. The Kier molecular flexibility index (Phi) is 5.56. The maximum atomic E-state index is 12.4. The van der Waals surface area contributed by atoms with E-state index < -0.39 is 0 Å². The molecule has 0 aromatic carbocycles. The molecule has 1 amide bonds. The second kappa shape index (κ2) is 6.50. The summed E-state index contributed by atoms with van der Waals surface area (Å²) in [6.07, 6.45) is 3.91. The molecule has 6 heteroatoms. The molecule has 2 N–H and O–H groups in total. The molecule has 1 fully saturated rings. The predicted octanol–water partition coefficient (Wildman–Crippen LogP) is 2.07. The minimum atomic E-state index is 0. The van der Waals surface area contributed by atoms with Crippen LogP contribution >= 0.6 is 23.7 Å². The number of carbonyl (C=O) groups excluding carboxylic acids is 1. The Balaban J connectivity index is 0.00000162. The third kappa shape index (κ3) is 3.02. The fraction of sp³-hybridized carbons (Fsp3) is 0.667. The molecule has 0 aliphatic carbocycles. The number of carbonyl (C=O) groups is 1. The number of aryl methyl sites for hydroxylation is 1. The van der Waals surface area contributed by atoms with Crippen molar-refractivity contribution < 1.29 is 4.79 Å². The summed E-state index contributed by atoms with van der Waals surface area (Å²) >= 11 is 1.46. The summed E-state index contributed by atoms with van der Waals surface area (Å²) in [6, 6.07) is 0.179. The highest BCUT2D eigenvalue weighted by molar-refractivity contribution is 7.13. The summed E-state index contributed by atoms with van der Waals surface area (Å²) in [5, 5.41) is 0.933. The summed E-state index contributed by atoms with van der Waals surface area (Å²) in [7, 11) is 0. The van der Waals surface area contributed by atoms with Crippen LogP contribution in [0.15, 0.2) is 6.20 Å². The summed E-state index contributed by atoms with van der Waals surface area (Å²) in [4.78, 5) is 19.2. The zero-order valence-corrected chi connectivity index (χ0v) is 12.4. The maximum Gasteiger partial charge on any atom is 0.265 e. The number of piperidine rings is 1. The van der Waals surface area contributed by atoms with Gasteiger partial charge in [-0.25, -0.2) is 4.98 Å². The maximum absolute atomic E-state index is 12.4. The predicted molar refractivity (Wildman–Crippen MR) is 76.4 cm³/mol. The fourth-order valence-corrected chi connectivity index (χ4v) is 3.20. The van der Waals surface area contributed by atoms with E-state index in [4.69, 9.17) is 5.73 Å². The van der Waals surface area contributed by atoms with E-state index in [-0.39, 0.29) is 24.4 Å². The van der Waals surface area contributed by atoms with Crippen molar-refractivity contribution in [2.45, 2.75) is 32.7 Å². The smallest absolute Gasteiger partial charge is 0.265 e. The van der Waals surface area contributed by atoms with Gasteiger partial charge in [0.1, 0.15) is 4.88 Å². The van der Waals surface area contributed by atoms with Gasteiger partial charge in [-0.05, 0) is 25.7 Å². The molecule has 2 atom stereocenters. The van der Waals surface area contributed by atoms with Gasteiger partial charge < -0.3 is 10.6 Å². The average Bonchev–Trinajstić information content (AvgIpc) is 2.74. The molecule has 0 saturated carbocycles. The topological polar surface area (TPSA) is 59.2 Å². The van der Waals surface area contributed by atoms with Gasteiger partial charge >= 0.3 is 0 Å². The molecule has 0 radical (unpaired) electrons. The number of amides is 1. The average molecular weight is 290 g/mol. The van der Waals surface area contributed by atoms with Crippen molar-refractivity contribution >= 4 is 29.7 Å². The number of nitrogens with two attached hydrogens (primary N) is 1. The molecule has 2 rings (SSSR count). The Bertz CT molecular complexity index is 410. The summed E-state index contributed by atoms with van der Waals surface area (Å²) in [5.74, 6) is 0.587. The molecule has 102 valence electrons. The summed E-state index contributed by atoms with van der Waals surface area (Å²) < 4.78 is 0. The number of likely N-dealkylation sites (tertiary alicyclic amines) is 1. The number of hydrogen-bond donors (Lipinski definition) is 1. The highest BCUT2D eigenvalue weighted by Crippen LogP contribution is 2.25. The van der Waals surface area contributed by atoms with E-state index in [1.54, 1.807) is 6.20 Å². The minimum Gasteiger partial charge on any atom is -0.333 e. The highest BCUT2D eigenvalue weighted by atomic mass is 35.5. The van der Waals surface area contributed by atoms with Crippen LogP contribution < -0.4 is 5.73 Å². The molecular weight excluding hydrogens is 270 g/mol. The molecule has 0 bridgehead atoms. The lowest BCUT2D eigenvalue weighted by atomic mass is 9.90. The molecule has 1 aliphatic heterocycles. The summed E-state index contributed by atoms with van der Waals surface area (Å²) in [5.41, 5.74) is 5.80. The van der Waals surface area contributed by atoms with Crippen LogP contribution in [0, 0.1) is 12.8 Å². The zero-order chi connectivity index (χ0) is 12.4. The lowest BCUT2D eigenvalue weighted by Crippen LogP contribution is -2.51. The van der Waals surface area contributed by atoms with E-state index >= 15 is 0 Å². The van der Waals surface area contributed by atoms with Crippen molar-refractivity contribution in [3.05, 3.63) is 16.1 Å². The van der Waals surface area contributed by atoms with E-state index in [0.29, 0.717) is 12.5 Å². The zero-order valence-electron chi connectivity index (χ0n) is 10.8. The molecule has 1 aliphatic rings. The van der Waals surface area contributed by atoms with Gasteiger partial charge in [-0.1, -0.05) is 6.92 Å². The van der Waals surface area contributed by atoms with Crippen LogP contribution in [-0.2, 0) is 0 Å². The van der Waals surface area contributed by atoms with Crippen LogP contribution in [0.25, 0.3) is 0 Å². The van der Waals surface area contributed by atoms with Crippen LogP contribution in [0.5, 0.6) is 0 Å². The van der Waals surface area contributed by atoms with Gasteiger partial charge in [0.2, 0.25) is 0 Å². The Labute approximate surface area is 118 Å². The third-order valence-electron chi connectivity index (χ3n) is 3.45. The Morgan fingerprint density at radius 3 is 2.94 bits per heavy atom. The van der Waals surface area contributed by atoms with Crippen LogP contribution in [0.2, 0.25) is 0 Å². The highest BCUT2D eigenvalue weighted by Gasteiger charge is 2.31.